The summed E-state index contributed by atoms with van der Waals surface area (Å²) >= 11 is 0. The highest BCUT2D eigenvalue weighted by Gasteiger charge is 2.16. The number of methoxy groups -OCH3 is 2. The molecule has 0 aliphatic heterocycles. The van der Waals surface area contributed by atoms with E-state index in [2.05, 4.69) is 20.8 Å². The molecule has 1 amide bonds. The van der Waals surface area contributed by atoms with Crippen LogP contribution in [0, 0.1) is 0 Å². The summed E-state index contributed by atoms with van der Waals surface area (Å²) in [4.78, 5) is 14.4. The topological polar surface area (TPSA) is 38.8 Å². The summed E-state index contributed by atoms with van der Waals surface area (Å²) in [5.41, 5.74) is 3.13. The van der Waals surface area contributed by atoms with Gasteiger partial charge in [0.05, 0.1) is 14.2 Å². The summed E-state index contributed by atoms with van der Waals surface area (Å²) in [6, 6.07) is 13.7. The molecule has 0 aromatic heterocycles. The molecular formula is C22H29NO3. The molecule has 0 aliphatic carbocycles. The lowest BCUT2D eigenvalue weighted by atomic mass is 9.86. The van der Waals surface area contributed by atoms with Gasteiger partial charge in [0.2, 0.25) is 0 Å². The number of nitrogens with zero attached hydrogens (tertiary/aromatic N) is 1. The quantitative estimate of drug-likeness (QED) is 0.775. The van der Waals surface area contributed by atoms with Gasteiger partial charge in [-0.3, -0.25) is 4.79 Å². The largest absolute Gasteiger partial charge is 0.493 e. The minimum Gasteiger partial charge on any atom is -0.493 e. The molecule has 4 nitrogen and oxygen atoms in total. The molecule has 0 saturated carbocycles. The Morgan fingerprint density at radius 3 is 2.12 bits per heavy atom. The van der Waals surface area contributed by atoms with Crippen molar-refractivity contribution in [2.75, 3.05) is 27.8 Å². The van der Waals surface area contributed by atoms with E-state index in [-0.39, 0.29) is 11.3 Å². The lowest BCUT2D eigenvalue weighted by molar-refractivity contribution is 0.0796. The van der Waals surface area contributed by atoms with Gasteiger partial charge in [-0.05, 0) is 47.2 Å². The van der Waals surface area contributed by atoms with E-state index in [9.17, 15) is 4.79 Å². The molecule has 0 radical (unpaired) electrons. The molecule has 2 aromatic carbocycles. The molecule has 0 unspecified atom stereocenters. The predicted octanol–water partition coefficient (Wildman–Crippen LogP) is 4.32. The fraction of sp³-hybridized carbons (Fsp3) is 0.409. The molecule has 0 spiro atoms. The molecule has 140 valence electrons. The summed E-state index contributed by atoms with van der Waals surface area (Å²) in [6.07, 6.45) is 0.753. The zero-order valence-corrected chi connectivity index (χ0v) is 16.6. The van der Waals surface area contributed by atoms with Crippen LogP contribution in [0.4, 0.5) is 0 Å². The Kier molecular flexibility index (Phi) is 6.30. The fourth-order valence-electron chi connectivity index (χ4n) is 2.77. The summed E-state index contributed by atoms with van der Waals surface area (Å²) in [5, 5.41) is 0. The maximum Gasteiger partial charge on any atom is 0.253 e. The smallest absolute Gasteiger partial charge is 0.253 e. The third kappa shape index (κ3) is 4.78. The van der Waals surface area contributed by atoms with Crippen molar-refractivity contribution < 1.29 is 14.3 Å². The van der Waals surface area contributed by atoms with Gasteiger partial charge in [-0.1, -0.05) is 39.0 Å². The number of carbonyl (C=O) groups is 1. The summed E-state index contributed by atoms with van der Waals surface area (Å²) in [5.74, 6) is 1.45. The number of likely N-dealkylation sites (N-methyl/N-ethyl adjacent to an activating group) is 1. The molecule has 0 atom stereocenters. The third-order valence-corrected chi connectivity index (χ3v) is 4.53. The average molecular weight is 355 g/mol. The molecule has 0 heterocycles. The van der Waals surface area contributed by atoms with E-state index in [0.717, 1.165) is 12.0 Å². The van der Waals surface area contributed by atoms with Crippen molar-refractivity contribution in [1.29, 1.82) is 0 Å². The number of amides is 1. The first-order valence-corrected chi connectivity index (χ1v) is 8.83. The Hall–Kier alpha value is -2.49. The second-order valence-electron chi connectivity index (χ2n) is 7.49. The molecule has 26 heavy (non-hydrogen) atoms. The molecule has 0 saturated heterocycles. The van der Waals surface area contributed by atoms with Crippen LogP contribution in [0.25, 0.3) is 0 Å². The SMILES string of the molecule is COc1ccc(CCN(C)C(=O)c2ccc(C(C)(C)C)cc2)cc1OC. The monoisotopic (exact) mass is 355 g/mol. The number of benzene rings is 2. The van der Waals surface area contributed by atoms with Crippen molar-refractivity contribution in [3.8, 4) is 11.5 Å². The molecule has 0 aliphatic rings. The minimum absolute atomic E-state index is 0.0333. The number of carbonyl (C=O) groups excluding carboxylic acids is 1. The number of ether oxygens (including phenoxy) is 2. The van der Waals surface area contributed by atoms with Crippen molar-refractivity contribution >= 4 is 5.91 Å². The molecule has 0 N–H and O–H groups in total. The highest BCUT2D eigenvalue weighted by molar-refractivity contribution is 5.94. The zero-order valence-electron chi connectivity index (χ0n) is 16.6. The van der Waals surface area contributed by atoms with Gasteiger partial charge in [0.25, 0.3) is 5.91 Å². The maximum absolute atomic E-state index is 12.6. The van der Waals surface area contributed by atoms with Gasteiger partial charge in [0, 0.05) is 19.2 Å². The maximum atomic E-state index is 12.6. The lowest BCUT2D eigenvalue weighted by Gasteiger charge is -2.21. The van der Waals surface area contributed by atoms with Gasteiger partial charge in [-0.15, -0.1) is 0 Å². The predicted molar refractivity (Wildman–Crippen MR) is 105 cm³/mol. The second-order valence-corrected chi connectivity index (χ2v) is 7.49. The number of hydrogen-bond acceptors (Lipinski definition) is 3. The van der Waals surface area contributed by atoms with E-state index < -0.39 is 0 Å². The molecule has 0 fully saturated rings. The van der Waals surface area contributed by atoms with Gasteiger partial charge < -0.3 is 14.4 Å². The second kappa shape index (κ2) is 8.26. The van der Waals surface area contributed by atoms with Crippen LogP contribution in [0.2, 0.25) is 0 Å². The zero-order chi connectivity index (χ0) is 19.3. The van der Waals surface area contributed by atoms with Crippen LogP contribution in [-0.2, 0) is 11.8 Å². The summed E-state index contributed by atoms with van der Waals surface area (Å²) in [7, 11) is 5.08. The Bertz CT molecular complexity index is 745. The normalized spacial score (nSPS) is 11.2. The number of rotatable bonds is 6. The first-order chi connectivity index (χ1) is 12.3. The minimum atomic E-state index is 0.0333. The van der Waals surface area contributed by atoms with E-state index in [1.807, 2.05) is 49.5 Å². The van der Waals surface area contributed by atoms with Crippen LogP contribution in [0.15, 0.2) is 42.5 Å². The van der Waals surface area contributed by atoms with Crippen LogP contribution in [0.5, 0.6) is 11.5 Å². The van der Waals surface area contributed by atoms with Crippen LogP contribution in [0.3, 0.4) is 0 Å². The summed E-state index contributed by atoms with van der Waals surface area (Å²) < 4.78 is 10.6. The van der Waals surface area contributed by atoms with E-state index in [4.69, 9.17) is 9.47 Å². The van der Waals surface area contributed by atoms with Gasteiger partial charge in [0.15, 0.2) is 11.5 Å². The average Bonchev–Trinajstić information content (AvgIpc) is 2.64. The first kappa shape index (κ1) is 19.8. The van der Waals surface area contributed by atoms with Gasteiger partial charge in [-0.2, -0.15) is 0 Å². The Balaban J connectivity index is 2.01. The van der Waals surface area contributed by atoms with E-state index in [1.54, 1.807) is 19.1 Å². The van der Waals surface area contributed by atoms with Crippen LogP contribution in [0.1, 0.15) is 42.3 Å². The lowest BCUT2D eigenvalue weighted by Crippen LogP contribution is -2.29. The molecule has 2 aromatic rings. The number of hydrogen-bond donors (Lipinski definition) is 0. The van der Waals surface area contributed by atoms with Crippen LogP contribution >= 0.6 is 0 Å². The van der Waals surface area contributed by atoms with E-state index in [1.165, 1.54) is 5.56 Å². The summed E-state index contributed by atoms with van der Waals surface area (Å²) in [6.45, 7) is 7.13. The Morgan fingerprint density at radius 2 is 1.58 bits per heavy atom. The highest BCUT2D eigenvalue weighted by atomic mass is 16.5. The molecule has 0 bridgehead atoms. The Labute approximate surface area is 156 Å². The first-order valence-electron chi connectivity index (χ1n) is 8.83. The van der Waals surface area contributed by atoms with Gasteiger partial charge >= 0.3 is 0 Å². The standard InChI is InChI=1S/C22H29NO3/c1-22(2,3)18-10-8-17(9-11-18)21(24)23(4)14-13-16-7-12-19(25-5)20(15-16)26-6/h7-12,15H,13-14H2,1-6H3. The molecule has 2 rings (SSSR count). The van der Waals surface area contributed by atoms with Crippen molar-refractivity contribution in [2.45, 2.75) is 32.6 Å². The van der Waals surface area contributed by atoms with Crippen LogP contribution in [-0.4, -0.2) is 38.6 Å². The fourth-order valence-corrected chi connectivity index (χ4v) is 2.77. The van der Waals surface area contributed by atoms with Crippen molar-refractivity contribution in [2.24, 2.45) is 0 Å². The van der Waals surface area contributed by atoms with Crippen molar-refractivity contribution in [3.05, 3.63) is 59.2 Å². The van der Waals surface area contributed by atoms with Crippen molar-refractivity contribution in [1.82, 2.24) is 4.90 Å². The van der Waals surface area contributed by atoms with Crippen LogP contribution < -0.4 is 9.47 Å². The van der Waals surface area contributed by atoms with E-state index in [0.29, 0.717) is 23.6 Å². The molecule has 4 heteroatoms. The van der Waals surface area contributed by atoms with Gasteiger partial charge in [-0.25, -0.2) is 0 Å². The Morgan fingerprint density at radius 1 is 0.962 bits per heavy atom. The highest BCUT2D eigenvalue weighted by Crippen LogP contribution is 2.28. The van der Waals surface area contributed by atoms with Crippen molar-refractivity contribution in [3.63, 3.8) is 0 Å². The molecular weight excluding hydrogens is 326 g/mol. The van der Waals surface area contributed by atoms with E-state index >= 15 is 0 Å². The van der Waals surface area contributed by atoms with Gasteiger partial charge in [0.1, 0.15) is 0 Å². The third-order valence-electron chi connectivity index (χ3n) is 4.53.